The van der Waals surface area contributed by atoms with Gasteiger partial charge in [-0.05, 0) is 51.1 Å². The van der Waals surface area contributed by atoms with Crippen molar-refractivity contribution in [1.82, 2.24) is 9.55 Å². The quantitative estimate of drug-likeness (QED) is 0.640. The van der Waals surface area contributed by atoms with Gasteiger partial charge >= 0.3 is 5.69 Å². The number of hydrogen-bond acceptors (Lipinski definition) is 5. The number of aryl methyl sites for hydroxylation is 2. The van der Waals surface area contributed by atoms with Crippen molar-refractivity contribution >= 4 is 23.4 Å². The molecule has 0 saturated carbocycles. The number of hydrazone groups is 1. The van der Waals surface area contributed by atoms with Crippen LogP contribution in [-0.2, 0) is 4.79 Å². The molecule has 0 atom stereocenters. The first-order valence-electron chi connectivity index (χ1n) is 9.60. The third-order valence-electron chi connectivity index (χ3n) is 5.04. The molecule has 0 spiro atoms. The summed E-state index contributed by atoms with van der Waals surface area (Å²) in [6.07, 6.45) is 1.26. The zero-order valence-electron chi connectivity index (χ0n) is 17.2. The lowest BCUT2D eigenvalue weighted by molar-refractivity contribution is -0.114. The normalized spacial score (nSPS) is 14.9. The molecule has 156 valence electrons. The van der Waals surface area contributed by atoms with Gasteiger partial charge in [-0.25, -0.2) is 9.36 Å². The molecule has 0 saturated heterocycles. The topological polar surface area (TPSA) is 108 Å². The van der Waals surface area contributed by atoms with Crippen LogP contribution in [0.2, 0.25) is 0 Å². The van der Waals surface area contributed by atoms with E-state index in [1.165, 1.54) is 11.1 Å². The smallest absolute Gasteiger partial charge is 0.335 e. The van der Waals surface area contributed by atoms with Gasteiger partial charge in [0.05, 0.1) is 22.7 Å². The summed E-state index contributed by atoms with van der Waals surface area (Å²) in [5.74, 6) is -0.993. The fourth-order valence-corrected chi connectivity index (χ4v) is 3.29. The van der Waals surface area contributed by atoms with E-state index < -0.39 is 23.0 Å². The van der Waals surface area contributed by atoms with E-state index in [2.05, 4.69) is 10.1 Å². The number of amides is 1. The molecule has 0 radical (unpaired) electrons. The summed E-state index contributed by atoms with van der Waals surface area (Å²) >= 11 is 0. The Bertz CT molecular complexity index is 1360. The van der Waals surface area contributed by atoms with Crippen molar-refractivity contribution in [3.63, 3.8) is 0 Å². The van der Waals surface area contributed by atoms with Gasteiger partial charge in [-0.15, -0.1) is 0 Å². The monoisotopic (exact) mass is 416 g/mol. The Balaban J connectivity index is 1.81. The van der Waals surface area contributed by atoms with Crippen molar-refractivity contribution in [2.24, 2.45) is 5.10 Å². The van der Waals surface area contributed by atoms with E-state index >= 15 is 0 Å². The minimum atomic E-state index is -0.798. The first-order chi connectivity index (χ1) is 14.8. The standard InChI is InChI=1S/C23H20N4O4/c1-13-4-8-16(9-5-13)26-21(29)19(20(28)24-23(26)31)12-18-15(3)25-27(22(18)30)17-10-6-14(2)7-11-17/h4-12,29H,1-3H3,(H,24,28,31). The molecule has 1 aromatic heterocycles. The number of nitrogens with one attached hydrogen (secondary N) is 1. The van der Waals surface area contributed by atoms with Crippen molar-refractivity contribution in [2.75, 3.05) is 5.01 Å². The van der Waals surface area contributed by atoms with Gasteiger partial charge in [0, 0.05) is 0 Å². The molecule has 0 aliphatic carbocycles. The highest BCUT2D eigenvalue weighted by Gasteiger charge is 2.29. The zero-order valence-corrected chi connectivity index (χ0v) is 17.2. The first kappa shape index (κ1) is 20.1. The Kier molecular flexibility index (Phi) is 4.90. The largest absolute Gasteiger partial charge is 0.494 e. The molecule has 8 heteroatoms. The predicted octanol–water partition coefficient (Wildman–Crippen LogP) is 2.65. The maximum absolute atomic E-state index is 13.0. The van der Waals surface area contributed by atoms with Crippen LogP contribution in [0.25, 0.3) is 11.8 Å². The van der Waals surface area contributed by atoms with Crippen LogP contribution < -0.4 is 16.3 Å². The summed E-state index contributed by atoms with van der Waals surface area (Å²) in [5, 5.41) is 16.3. The SMILES string of the molecule is CC1=NN(c2ccc(C)cc2)C(=O)C1=Cc1c(O)n(-c2ccc(C)cc2)c(=O)[nH]c1=O. The Labute approximate surface area is 177 Å². The molecule has 0 fully saturated rings. The van der Waals surface area contributed by atoms with Gasteiger partial charge < -0.3 is 5.11 Å². The van der Waals surface area contributed by atoms with Crippen LogP contribution in [0, 0.1) is 13.8 Å². The molecule has 2 N–H and O–H groups in total. The molecule has 31 heavy (non-hydrogen) atoms. The van der Waals surface area contributed by atoms with Crippen molar-refractivity contribution in [3.8, 4) is 11.6 Å². The van der Waals surface area contributed by atoms with E-state index in [-0.39, 0.29) is 11.1 Å². The minimum absolute atomic E-state index is 0.149. The number of rotatable bonds is 3. The van der Waals surface area contributed by atoms with Gasteiger partial charge in [0.15, 0.2) is 0 Å². The fraction of sp³-hybridized carbons (Fsp3) is 0.130. The average molecular weight is 416 g/mol. The van der Waals surface area contributed by atoms with Crippen LogP contribution in [0.5, 0.6) is 5.88 Å². The lowest BCUT2D eigenvalue weighted by Crippen LogP contribution is -2.30. The minimum Gasteiger partial charge on any atom is -0.494 e. The summed E-state index contributed by atoms with van der Waals surface area (Å²) in [7, 11) is 0. The Morgan fingerprint density at radius 3 is 2.00 bits per heavy atom. The summed E-state index contributed by atoms with van der Waals surface area (Å²) in [6.45, 7) is 5.47. The van der Waals surface area contributed by atoms with Gasteiger partial charge in [0.1, 0.15) is 5.56 Å². The van der Waals surface area contributed by atoms with Crippen LogP contribution in [0.1, 0.15) is 23.6 Å². The lowest BCUT2D eigenvalue weighted by Gasteiger charge is -2.12. The number of nitrogens with zero attached hydrogens (tertiary/aromatic N) is 3. The van der Waals surface area contributed by atoms with E-state index in [0.717, 1.165) is 15.7 Å². The highest BCUT2D eigenvalue weighted by atomic mass is 16.3. The lowest BCUT2D eigenvalue weighted by atomic mass is 10.1. The number of carbonyl (C=O) groups excluding carboxylic acids is 1. The van der Waals surface area contributed by atoms with Gasteiger partial charge in [-0.3, -0.25) is 14.6 Å². The summed E-state index contributed by atoms with van der Waals surface area (Å²) < 4.78 is 0.983. The summed E-state index contributed by atoms with van der Waals surface area (Å²) in [5.41, 5.74) is 1.74. The van der Waals surface area contributed by atoms with Crippen LogP contribution in [0.3, 0.4) is 0 Å². The van der Waals surface area contributed by atoms with Gasteiger partial charge in [0.2, 0.25) is 5.88 Å². The number of anilines is 1. The third-order valence-corrected chi connectivity index (χ3v) is 5.04. The van der Waals surface area contributed by atoms with Crippen LogP contribution in [0.15, 0.2) is 68.8 Å². The molecule has 3 aromatic rings. The van der Waals surface area contributed by atoms with Crippen molar-refractivity contribution < 1.29 is 9.90 Å². The molecule has 4 rings (SSSR count). The second kappa shape index (κ2) is 7.56. The van der Waals surface area contributed by atoms with Gasteiger partial charge in [0.25, 0.3) is 11.5 Å². The van der Waals surface area contributed by atoms with E-state index in [1.807, 2.05) is 26.0 Å². The number of H-pyrrole nitrogens is 1. The van der Waals surface area contributed by atoms with Crippen LogP contribution in [-0.4, -0.2) is 26.3 Å². The molecule has 1 amide bonds. The molecular formula is C23H20N4O4. The number of aromatic amines is 1. The Morgan fingerprint density at radius 1 is 0.871 bits per heavy atom. The number of aromatic hydroxyl groups is 1. The van der Waals surface area contributed by atoms with Crippen molar-refractivity contribution in [2.45, 2.75) is 20.8 Å². The van der Waals surface area contributed by atoms with E-state index in [1.54, 1.807) is 43.3 Å². The molecule has 2 heterocycles. The van der Waals surface area contributed by atoms with Crippen LogP contribution in [0.4, 0.5) is 5.69 Å². The second-order valence-electron chi connectivity index (χ2n) is 7.36. The second-order valence-corrected chi connectivity index (χ2v) is 7.36. The number of hydrogen-bond donors (Lipinski definition) is 2. The predicted molar refractivity (Wildman–Crippen MR) is 119 cm³/mol. The molecule has 1 aliphatic rings. The Morgan fingerprint density at radius 2 is 1.42 bits per heavy atom. The first-order valence-corrected chi connectivity index (χ1v) is 9.60. The summed E-state index contributed by atoms with van der Waals surface area (Å²) in [6, 6.07) is 14.1. The molecule has 0 bridgehead atoms. The van der Waals surface area contributed by atoms with Crippen molar-refractivity contribution in [1.29, 1.82) is 0 Å². The molecule has 0 unspecified atom stereocenters. The van der Waals surface area contributed by atoms with E-state index in [9.17, 15) is 19.5 Å². The maximum Gasteiger partial charge on any atom is 0.335 e. The van der Waals surface area contributed by atoms with E-state index in [0.29, 0.717) is 17.1 Å². The molecule has 8 nitrogen and oxygen atoms in total. The fourth-order valence-electron chi connectivity index (χ4n) is 3.29. The number of benzene rings is 2. The zero-order chi connectivity index (χ0) is 22.3. The van der Waals surface area contributed by atoms with Crippen molar-refractivity contribution in [3.05, 3.63) is 91.6 Å². The average Bonchev–Trinajstić information content (AvgIpc) is 3.01. The van der Waals surface area contributed by atoms with E-state index in [4.69, 9.17) is 0 Å². The highest BCUT2D eigenvalue weighted by Crippen LogP contribution is 2.26. The molecular weight excluding hydrogens is 396 g/mol. The number of aromatic nitrogens is 2. The summed E-state index contributed by atoms with van der Waals surface area (Å²) in [4.78, 5) is 40.0. The maximum atomic E-state index is 13.0. The van der Waals surface area contributed by atoms with Gasteiger partial charge in [-0.1, -0.05) is 35.4 Å². The molecule has 1 aliphatic heterocycles. The molecule has 2 aromatic carbocycles. The third kappa shape index (κ3) is 3.59. The number of carbonyl (C=O) groups is 1. The van der Waals surface area contributed by atoms with Crippen LogP contribution >= 0.6 is 0 Å². The highest BCUT2D eigenvalue weighted by molar-refractivity contribution is 6.32. The van der Waals surface area contributed by atoms with Gasteiger partial charge in [-0.2, -0.15) is 10.1 Å². The Hall–Kier alpha value is -4.20.